The van der Waals surface area contributed by atoms with Crippen molar-refractivity contribution in [2.75, 3.05) is 6.54 Å². The van der Waals surface area contributed by atoms with Gasteiger partial charge in [-0.3, -0.25) is 0 Å². The van der Waals surface area contributed by atoms with Crippen molar-refractivity contribution in [3.63, 3.8) is 0 Å². The third-order valence-electron chi connectivity index (χ3n) is 2.37. The second-order valence-corrected chi connectivity index (χ2v) is 8.07. The van der Waals surface area contributed by atoms with Gasteiger partial charge < -0.3 is 4.98 Å². The maximum Gasteiger partial charge on any atom is 0.241 e. The Balaban J connectivity index is 2.02. The van der Waals surface area contributed by atoms with E-state index < -0.39 is 10.0 Å². The standard InChI is InChI=1S/C10H12BrN3O2S2/c1-7-9(4-10(11)17-7)18(15,16)14-3-2-8-5-12-6-13-8/h4-6,14H,2-3H2,1H3,(H,12,13). The fraction of sp³-hybridized carbons (Fsp3) is 0.300. The largest absolute Gasteiger partial charge is 0.348 e. The van der Waals surface area contributed by atoms with E-state index in [0.29, 0.717) is 17.9 Å². The zero-order valence-corrected chi connectivity index (χ0v) is 12.8. The van der Waals surface area contributed by atoms with Gasteiger partial charge in [0.25, 0.3) is 0 Å². The van der Waals surface area contributed by atoms with Crippen molar-refractivity contribution in [3.05, 3.63) is 32.9 Å². The number of aryl methyl sites for hydroxylation is 1. The highest BCUT2D eigenvalue weighted by Crippen LogP contribution is 2.29. The highest BCUT2D eigenvalue weighted by atomic mass is 79.9. The van der Waals surface area contributed by atoms with Crippen LogP contribution in [-0.2, 0) is 16.4 Å². The number of halogens is 1. The van der Waals surface area contributed by atoms with E-state index in [4.69, 9.17) is 0 Å². The summed E-state index contributed by atoms with van der Waals surface area (Å²) in [6.45, 7) is 2.14. The molecule has 0 aliphatic heterocycles. The first-order valence-corrected chi connectivity index (χ1v) is 8.31. The molecule has 0 atom stereocenters. The van der Waals surface area contributed by atoms with Crippen molar-refractivity contribution in [1.82, 2.24) is 14.7 Å². The Morgan fingerprint density at radius 1 is 1.56 bits per heavy atom. The SMILES string of the molecule is Cc1sc(Br)cc1S(=O)(=O)NCCc1cnc[nH]1. The molecule has 2 heterocycles. The average Bonchev–Trinajstić information content (AvgIpc) is 2.88. The average molecular weight is 350 g/mol. The van der Waals surface area contributed by atoms with Crippen molar-refractivity contribution < 1.29 is 8.42 Å². The summed E-state index contributed by atoms with van der Waals surface area (Å²) in [5.41, 5.74) is 0.904. The highest BCUT2D eigenvalue weighted by molar-refractivity contribution is 9.11. The summed E-state index contributed by atoms with van der Waals surface area (Å²) in [7, 11) is -3.43. The Morgan fingerprint density at radius 3 is 2.89 bits per heavy atom. The Morgan fingerprint density at radius 2 is 2.33 bits per heavy atom. The zero-order valence-electron chi connectivity index (χ0n) is 9.60. The molecule has 18 heavy (non-hydrogen) atoms. The fourth-order valence-corrected chi connectivity index (χ4v) is 4.96. The number of thiophene rings is 1. The molecule has 0 aromatic carbocycles. The molecule has 0 saturated heterocycles. The predicted molar refractivity (Wildman–Crippen MR) is 74.2 cm³/mol. The second-order valence-electron chi connectivity index (χ2n) is 3.70. The molecule has 8 heteroatoms. The molecule has 98 valence electrons. The quantitative estimate of drug-likeness (QED) is 0.867. The van der Waals surface area contributed by atoms with E-state index in [1.165, 1.54) is 11.3 Å². The van der Waals surface area contributed by atoms with Crippen LogP contribution >= 0.6 is 27.3 Å². The molecule has 0 unspecified atom stereocenters. The normalized spacial score (nSPS) is 11.9. The van der Waals surface area contributed by atoms with Gasteiger partial charge in [-0.15, -0.1) is 11.3 Å². The molecule has 2 aromatic heterocycles. The molecule has 2 rings (SSSR count). The van der Waals surface area contributed by atoms with E-state index in [2.05, 4.69) is 30.6 Å². The molecule has 0 aliphatic carbocycles. The van der Waals surface area contributed by atoms with Crippen molar-refractivity contribution in [2.24, 2.45) is 0 Å². The number of sulfonamides is 1. The Hall–Kier alpha value is -0.700. The summed E-state index contributed by atoms with van der Waals surface area (Å²) in [6.07, 6.45) is 3.84. The van der Waals surface area contributed by atoms with Gasteiger partial charge in [0.15, 0.2) is 0 Å². The number of aromatic nitrogens is 2. The number of rotatable bonds is 5. The molecule has 2 N–H and O–H groups in total. The van der Waals surface area contributed by atoms with E-state index in [0.717, 1.165) is 14.4 Å². The summed E-state index contributed by atoms with van der Waals surface area (Å²) < 4.78 is 27.5. The number of hydrogen-bond acceptors (Lipinski definition) is 4. The minimum atomic E-state index is -3.43. The smallest absolute Gasteiger partial charge is 0.241 e. The van der Waals surface area contributed by atoms with Crippen LogP contribution in [0.2, 0.25) is 0 Å². The maximum absolute atomic E-state index is 12.0. The third kappa shape index (κ3) is 3.19. The van der Waals surface area contributed by atoms with Crippen LogP contribution < -0.4 is 4.72 Å². The van der Waals surface area contributed by atoms with Crippen LogP contribution in [0, 0.1) is 6.92 Å². The molecule has 0 aliphatic rings. The van der Waals surface area contributed by atoms with E-state index in [1.54, 1.807) is 25.5 Å². The van der Waals surface area contributed by atoms with Crippen molar-refractivity contribution in [3.8, 4) is 0 Å². The van der Waals surface area contributed by atoms with E-state index >= 15 is 0 Å². The molecule has 0 saturated carbocycles. The monoisotopic (exact) mass is 349 g/mol. The highest BCUT2D eigenvalue weighted by Gasteiger charge is 2.18. The number of H-pyrrole nitrogens is 1. The lowest BCUT2D eigenvalue weighted by Crippen LogP contribution is -2.26. The van der Waals surface area contributed by atoms with Gasteiger partial charge in [-0.05, 0) is 28.9 Å². The number of aromatic amines is 1. The van der Waals surface area contributed by atoms with E-state index in [9.17, 15) is 8.42 Å². The van der Waals surface area contributed by atoms with Gasteiger partial charge >= 0.3 is 0 Å². The van der Waals surface area contributed by atoms with Gasteiger partial charge in [0.05, 0.1) is 15.0 Å². The second kappa shape index (κ2) is 5.52. The Kier molecular flexibility index (Phi) is 4.21. The van der Waals surface area contributed by atoms with E-state index in [-0.39, 0.29) is 0 Å². The first kappa shape index (κ1) is 13.7. The molecular formula is C10H12BrN3O2S2. The summed E-state index contributed by atoms with van der Waals surface area (Å²) in [6, 6.07) is 1.62. The van der Waals surface area contributed by atoms with Crippen molar-refractivity contribution >= 4 is 37.3 Å². The van der Waals surface area contributed by atoms with Crippen LogP contribution in [0.4, 0.5) is 0 Å². The van der Waals surface area contributed by atoms with Gasteiger partial charge in [-0.2, -0.15) is 0 Å². The molecule has 0 amide bonds. The number of nitrogens with one attached hydrogen (secondary N) is 2. The summed E-state index contributed by atoms with van der Waals surface area (Å²) in [4.78, 5) is 7.91. The van der Waals surface area contributed by atoms with Gasteiger partial charge in [0.2, 0.25) is 10.0 Å². The number of hydrogen-bond donors (Lipinski definition) is 2. The summed E-state index contributed by atoms with van der Waals surface area (Å²) >= 11 is 4.70. The molecular weight excluding hydrogens is 338 g/mol. The maximum atomic E-state index is 12.0. The van der Waals surface area contributed by atoms with Crippen molar-refractivity contribution in [2.45, 2.75) is 18.2 Å². The zero-order chi connectivity index (χ0) is 13.2. The fourth-order valence-electron chi connectivity index (χ4n) is 1.52. The van der Waals surface area contributed by atoms with Crippen LogP contribution in [0.15, 0.2) is 27.3 Å². The first-order valence-electron chi connectivity index (χ1n) is 5.22. The minimum absolute atomic E-state index is 0.337. The van der Waals surface area contributed by atoms with Gasteiger partial charge in [-0.25, -0.2) is 18.1 Å². The van der Waals surface area contributed by atoms with Crippen LogP contribution in [-0.4, -0.2) is 24.9 Å². The first-order chi connectivity index (χ1) is 8.49. The number of nitrogens with zero attached hydrogens (tertiary/aromatic N) is 1. The Bertz CT molecular complexity index is 620. The van der Waals surface area contributed by atoms with Gasteiger partial charge in [0, 0.05) is 29.7 Å². The van der Waals surface area contributed by atoms with Gasteiger partial charge in [-0.1, -0.05) is 0 Å². The number of imidazole rings is 1. The predicted octanol–water partition coefficient (Wildman–Crippen LogP) is 2.06. The topological polar surface area (TPSA) is 74.8 Å². The Labute approximate surface area is 118 Å². The van der Waals surface area contributed by atoms with E-state index in [1.807, 2.05) is 0 Å². The van der Waals surface area contributed by atoms with Gasteiger partial charge in [0.1, 0.15) is 0 Å². The minimum Gasteiger partial charge on any atom is -0.348 e. The molecule has 0 bridgehead atoms. The van der Waals surface area contributed by atoms with Crippen LogP contribution in [0.1, 0.15) is 10.6 Å². The lowest BCUT2D eigenvalue weighted by Gasteiger charge is -2.05. The molecule has 0 spiro atoms. The van der Waals surface area contributed by atoms with Crippen LogP contribution in [0.25, 0.3) is 0 Å². The summed E-state index contributed by atoms with van der Waals surface area (Å²) in [5, 5.41) is 0. The lowest BCUT2D eigenvalue weighted by atomic mass is 10.3. The molecule has 5 nitrogen and oxygen atoms in total. The summed E-state index contributed by atoms with van der Waals surface area (Å²) in [5.74, 6) is 0. The molecule has 0 radical (unpaired) electrons. The lowest BCUT2D eigenvalue weighted by molar-refractivity contribution is 0.581. The van der Waals surface area contributed by atoms with Crippen LogP contribution in [0.5, 0.6) is 0 Å². The van der Waals surface area contributed by atoms with Crippen molar-refractivity contribution in [1.29, 1.82) is 0 Å². The molecule has 0 fully saturated rings. The molecule has 2 aromatic rings. The third-order valence-corrected chi connectivity index (χ3v) is 5.64. The van der Waals surface area contributed by atoms with Crippen LogP contribution in [0.3, 0.4) is 0 Å².